The molecule has 1 aromatic heterocycles. The number of para-hydroxylation sites is 2. The Hall–Kier alpha value is -1.64. The van der Waals surface area contributed by atoms with Gasteiger partial charge in [-0.3, -0.25) is 0 Å². The van der Waals surface area contributed by atoms with E-state index >= 15 is 0 Å². The first-order chi connectivity index (χ1) is 7.31. The third kappa shape index (κ3) is 2.06. The van der Waals surface area contributed by atoms with Crippen molar-refractivity contribution in [1.29, 1.82) is 0 Å². The van der Waals surface area contributed by atoms with Gasteiger partial charge in [0.25, 0.3) is 0 Å². The summed E-state index contributed by atoms with van der Waals surface area (Å²) in [6, 6.07) is 7.82. The van der Waals surface area contributed by atoms with Gasteiger partial charge in [0.1, 0.15) is 5.69 Å². The lowest BCUT2D eigenvalue weighted by molar-refractivity contribution is 0.302. The van der Waals surface area contributed by atoms with Crippen LogP contribution in [0.15, 0.2) is 24.3 Å². The number of aromatic nitrogens is 2. The van der Waals surface area contributed by atoms with E-state index in [9.17, 15) is 0 Å². The van der Waals surface area contributed by atoms with E-state index in [4.69, 9.17) is 4.74 Å². The SMILES string of the molecule is CCCOc1nc2ccccc2nc1C. The number of rotatable bonds is 3. The molecule has 0 saturated carbocycles. The lowest BCUT2D eigenvalue weighted by Gasteiger charge is -2.07. The zero-order chi connectivity index (χ0) is 10.7. The maximum atomic E-state index is 5.52. The molecule has 15 heavy (non-hydrogen) atoms. The fourth-order valence-corrected chi connectivity index (χ4v) is 1.41. The van der Waals surface area contributed by atoms with E-state index in [0.29, 0.717) is 12.5 Å². The van der Waals surface area contributed by atoms with Crippen LogP contribution in [-0.4, -0.2) is 16.6 Å². The number of nitrogens with zero attached hydrogens (tertiary/aromatic N) is 2. The van der Waals surface area contributed by atoms with E-state index in [1.807, 2.05) is 31.2 Å². The monoisotopic (exact) mass is 202 g/mol. The summed E-state index contributed by atoms with van der Waals surface area (Å²) in [5.41, 5.74) is 2.65. The van der Waals surface area contributed by atoms with Crippen molar-refractivity contribution < 1.29 is 4.74 Å². The Balaban J connectivity index is 2.43. The quantitative estimate of drug-likeness (QED) is 0.767. The normalized spacial score (nSPS) is 10.5. The fourth-order valence-electron chi connectivity index (χ4n) is 1.41. The maximum absolute atomic E-state index is 5.52. The second kappa shape index (κ2) is 4.26. The highest BCUT2D eigenvalue weighted by atomic mass is 16.5. The van der Waals surface area contributed by atoms with Gasteiger partial charge in [-0.05, 0) is 25.5 Å². The summed E-state index contributed by atoms with van der Waals surface area (Å²) in [4.78, 5) is 8.87. The van der Waals surface area contributed by atoms with Crippen LogP contribution >= 0.6 is 0 Å². The number of ether oxygens (including phenoxy) is 1. The van der Waals surface area contributed by atoms with Gasteiger partial charge in [0, 0.05) is 0 Å². The number of fused-ring (bicyclic) bond motifs is 1. The van der Waals surface area contributed by atoms with Crippen molar-refractivity contribution in [2.24, 2.45) is 0 Å². The standard InChI is InChI=1S/C12H14N2O/c1-3-8-15-12-9(2)13-10-6-4-5-7-11(10)14-12/h4-7H,3,8H2,1-2H3. The van der Waals surface area contributed by atoms with Crippen molar-refractivity contribution in [2.75, 3.05) is 6.61 Å². The van der Waals surface area contributed by atoms with Crippen molar-refractivity contribution in [3.63, 3.8) is 0 Å². The molecule has 0 atom stereocenters. The summed E-state index contributed by atoms with van der Waals surface area (Å²) in [5, 5.41) is 0. The molecule has 0 spiro atoms. The van der Waals surface area contributed by atoms with E-state index in [1.54, 1.807) is 0 Å². The van der Waals surface area contributed by atoms with Crippen LogP contribution in [0.3, 0.4) is 0 Å². The molecule has 0 aliphatic rings. The minimum absolute atomic E-state index is 0.649. The topological polar surface area (TPSA) is 35.0 Å². The molecule has 1 heterocycles. The lowest BCUT2D eigenvalue weighted by atomic mass is 10.3. The van der Waals surface area contributed by atoms with Crippen LogP contribution in [0.5, 0.6) is 5.88 Å². The zero-order valence-electron chi connectivity index (χ0n) is 9.03. The van der Waals surface area contributed by atoms with Crippen molar-refractivity contribution in [2.45, 2.75) is 20.3 Å². The van der Waals surface area contributed by atoms with Crippen LogP contribution in [-0.2, 0) is 0 Å². The molecule has 0 aliphatic carbocycles. The highest BCUT2D eigenvalue weighted by molar-refractivity contribution is 5.74. The van der Waals surface area contributed by atoms with Gasteiger partial charge >= 0.3 is 0 Å². The number of benzene rings is 1. The molecular weight excluding hydrogens is 188 g/mol. The van der Waals surface area contributed by atoms with Crippen LogP contribution < -0.4 is 4.74 Å². The minimum Gasteiger partial charge on any atom is -0.476 e. The summed E-state index contributed by atoms with van der Waals surface area (Å²) in [5.74, 6) is 0.649. The van der Waals surface area contributed by atoms with Crippen molar-refractivity contribution in [3.8, 4) is 5.88 Å². The highest BCUT2D eigenvalue weighted by Crippen LogP contribution is 2.17. The number of hydrogen-bond acceptors (Lipinski definition) is 3. The van der Waals surface area contributed by atoms with Gasteiger partial charge in [0.15, 0.2) is 0 Å². The van der Waals surface area contributed by atoms with Crippen LogP contribution in [0, 0.1) is 6.92 Å². The molecule has 2 aromatic rings. The van der Waals surface area contributed by atoms with Crippen molar-refractivity contribution in [1.82, 2.24) is 9.97 Å². The van der Waals surface area contributed by atoms with Gasteiger partial charge in [-0.1, -0.05) is 19.1 Å². The first kappa shape index (κ1) is 9.90. The average molecular weight is 202 g/mol. The summed E-state index contributed by atoms with van der Waals surface area (Å²) in [7, 11) is 0. The first-order valence-electron chi connectivity index (χ1n) is 5.17. The van der Waals surface area contributed by atoms with E-state index in [1.165, 1.54) is 0 Å². The Bertz CT molecular complexity index is 468. The zero-order valence-corrected chi connectivity index (χ0v) is 9.03. The lowest BCUT2D eigenvalue weighted by Crippen LogP contribution is -2.01. The molecular formula is C12H14N2O. The third-order valence-corrected chi connectivity index (χ3v) is 2.14. The Morgan fingerprint density at radius 1 is 1.13 bits per heavy atom. The van der Waals surface area contributed by atoms with E-state index in [2.05, 4.69) is 16.9 Å². The van der Waals surface area contributed by atoms with Gasteiger partial charge in [-0.25, -0.2) is 9.97 Å². The van der Waals surface area contributed by atoms with Crippen molar-refractivity contribution in [3.05, 3.63) is 30.0 Å². The second-order valence-electron chi connectivity index (χ2n) is 3.45. The molecule has 0 fully saturated rings. The third-order valence-electron chi connectivity index (χ3n) is 2.14. The molecule has 0 N–H and O–H groups in total. The van der Waals surface area contributed by atoms with E-state index in [0.717, 1.165) is 23.1 Å². The average Bonchev–Trinajstić information content (AvgIpc) is 2.26. The number of hydrogen-bond donors (Lipinski definition) is 0. The molecule has 0 saturated heterocycles. The smallest absolute Gasteiger partial charge is 0.235 e. The fraction of sp³-hybridized carbons (Fsp3) is 0.333. The van der Waals surface area contributed by atoms with Crippen LogP contribution in [0.1, 0.15) is 19.0 Å². The second-order valence-corrected chi connectivity index (χ2v) is 3.45. The summed E-state index contributed by atoms with van der Waals surface area (Å²) >= 11 is 0. The molecule has 0 aliphatic heterocycles. The Morgan fingerprint density at radius 2 is 1.80 bits per heavy atom. The largest absolute Gasteiger partial charge is 0.476 e. The molecule has 0 amide bonds. The molecule has 0 unspecified atom stereocenters. The molecule has 78 valence electrons. The maximum Gasteiger partial charge on any atom is 0.235 e. The minimum atomic E-state index is 0.649. The van der Waals surface area contributed by atoms with Crippen LogP contribution in [0.2, 0.25) is 0 Å². The molecule has 3 heteroatoms. The van der Waals surface area contributed by atoms with Gasteiger partial charge in [0.05, 0.1) is 17.6 Å². The Labute approximate surface area is 89.1 Å². The summed E-state index contributed by atoms with van der Waals surface area (Å²) in [6.07, 6.45) is 0.980. The predicted molar refractivity (Wildman–Crippen MR) is 60.1 cm³/mol. The Morgan fingerprint density at radius 3 is 2.47 bits per heavy atom. The van der Waals surface area contributed by atoms with Crippen molar-refractivity contribution >= 4 is 11.0 Å². The Kier molecular flexibility index (Phi) is 2.81. The number of aryl methyl sites for hydroxylation is 1. The van der Waals surface area contributed by atoms with Crippen LogP contribution in [0.4, 0.5) is 0 Å². The molecule has 2 rings (SSSR count). The first-order valence-corrected chi connectivity index (χ1v) is 5.17. The van der Waals surface area contributed by atoms with E-state index in [-0.39, 0.29) is 0 Å². The highest BCUT2D eigenvalue weighted by Gasteiger charge is 2.04. The molecule has 1 aromatic carbocycles. The van der Waals surface area contributed by atoms with E-state index < -0.39 is 0 Å². The molecule has 3 nitrogen and oxygen atoms in total. The van der Waals surface area contributed by atoms with Gasteiger partial charge in [-0.15, -0.1) is 0 Å². The predicted octanol–water partition coefficient (Wildman–Crippen LogP) is 2.73. The van der Waals surface area contributed by atoms with Gasteiger partial charge < -0.3 is 4.74 Å². The van der Waals surface area contributed by atoms with Gasteiger partial charge in [0.2, 0.25) is 5.88 Å². The summed E-state index contributed by atoms with van der Waals surface area (Å²) < 4.78 is 5.52. The summed E-state index contributed by atoms with van der Waals surface area (Å²) in [6.45, 7) is 4.68. The molecule has 0 bridgehead atoms. The molecule has 0 radical (unpaired) electrons. The van der Waals surface area contributed by atoms with Crippen LogP contribution in [0.25, 0.3) is 11.0 Å². The van der Waals surface area contributed by atoms with Gasteiger partial charge in [-0.2, -0.15) is 0 Å².